The van der Waals surface area contributed by atoms with Gasteiger partial charge in [0, 0.05) is 0 Å². The van der Waals surface area contributed by atoms with Crippen LogP contribution in [0.15, 0.2) is 0 Å². The predicted molar refractivity (Wildman–Crippen MR) is 124 cm³/mol. The average molecular weight is 453 g/mol. The fourth-order valence-electron chi connectivity index (χ4n) is 3.63. The molecular formula is C18H44O5Si4. The van der Waals surface area contributed by atoms with E-state index in [2.05, 4.69) is 78.6 Å². The Morgan fingerprint density at radius 2 is 1.37 bits per heavy atom. The van der Waals surface area contributed by atoms with Gasteiger partial charge in [-0.05, 0) is 58.9 Å². The van der Waals surface area contributed by atoms with Gasteiger partial charge in [0.2, 0.25) is 0 Å². The molecule has 0 saturated carbocycles. The van der Waals surface area contributed by atoms with Crippen LogP contribution in [0, 0.1) is 0 Å². The van der Waals surface area contributed by atoms with Crippen molar-refractivity contribution in [3.05, 3.63) is 0 Å². The maximum absolute atomic E-state index is 11.0. The largest absolute Gasteiger partial charge is 0.415 e. The van der Waals surface area contributed by atoms with Crippen molar-refractivity contribution in [2.75, 3.05) is 13.2 Å². The molecule has 0 aliphatic carbocycles. The molecule has 27 heavy (non-hydrogen) atoms. The summed E-state index contributed by atoms with van der Waals surface area (Å²) in [6.07, 6.45) is -1.26. The SMILES string of the molecule is C[Si](C)(C)OC[C@H]1OC[C@@H](O)[C@@H](O[Si](C)(C)C)[C@@]1(O[Si](C)(C)C)[Si](C)(C)C. The van der Waals surface area contributed by atoms with Crippen molar-refractivity contribution in [1.29, 1.82) is 0 Å². The summed E-state index contributed by atoms with van der Waals surface area (Å²) in [7, 11) is -7.60. The maximum atomic E-state index is 11.0. The van der Waals surface area contributed by atoms with Gasteiger partial charge in [-0.1, -0.05) is 19.6 Å². The van der Waals surface area contributed by atoms with Gasteiger partial charge < -0.3 is 23.1 Å². The van der Waals surface area contributed by atoms with Crippen molar-refractivity contribution in [2.24, 2.45) is 0 Å². The third kappa shape index (κ3) is 7.14. The van der Waals surface area contributed by atoms with Gasteiger partial charge in [-0.25, -0.2) is 0 Å². The quantitative estimate of drug-likeness (QED) is 0.557. The van der Waals surface area contributed by atoms with Crippen LogP contribution < -0.4 is 0 Å². The molecule has 0 radical (unpaired) electrons. The molecule has 0 aromatic rings. The Balaban J connectivity index is 3.50. The third-order valence-corrected chi connectivity index (χ3v) is 10.7. The molecule has 5 nitrogen and oxygen atoms in total. The van der Waals surface area contributed by atoms with E-state index in [9.17, 15) is 5.11 Å². The molecule has 0 amide bonds. The number of hydrogen-bond donors (Lipinski definition) is 1. The molecule has 1 saturated heterocycles. The lowest BCUT2D eigenvalue weighted by atomic mass is 9.99. The van der Waals surface area contributed by atoms with Gasteiger partial charge in [0.15, 0.2) is 25.0 Å². The second kappa shape index (κ2) is 8.42. The number of ether oxygens (including phenoxy) is 1. The zero-order valence-electron chi connectivity index (χ0n) is 19.7. The van der Waals surface area contributed by atoms with Crippen molar-refractivity contribution in [3.8, 4) is 0 Å². The number of hydrogen-bond acceptors (Lipinski definition) is 5. The molecule has 162 valence electrons. The molecular weight excluding hydrogens is 409 g/mol. The Morgan fingerprint density at radius 3 is 1.74 bits per heavy atom. The van der Waals surface area contributed by atoms with Crippen LogP contribution in [0.5, 0.6) is 0 Å². The minimum Gasteiger partial charge on any atom is -0.415 e. The Bertz CT molecular complexity index is 490. The Morgan fingerprint density at radius 1 is 0.852 bits per heavy atom. The molecule has 0 unspecified atom stereocenters. The van der Waals surface area contributed by atoms with Crippen LogP contribution in [-0.2, 0) is 18.0 Å². The molecule has 0 aromatic carbocycles. The van der Waals surface area contributed by atoms with Crippen molar-refractivity contribution in [1.82, 2.24) is 0 Å². The summed E-state index contributed by atoms with van der Waals surface area (Å²) in [6.45, 7) is 27.4. The summed E-state index contributed by atoms with van der Waals surface area (Å²) in [5.74, 6) is 0. The lowest BCUT2D eigenvalue weighted by molar-refractivity contribution is -0.205. The van der Waals surface area contributed by atoms with E-state index in [1.165, 1.54) is 0 Å². The fourth-order valence-corrected chi connectivity index (χ4v) is 11.1. The number of rotatable bonds is 8. The van der Waals surface area contributed by atoms with Gasteiger partial charge >= 0.3 is 0 Å². The van der Waals surface area contributed by atoms with E-state index in [1.807, 2.05) is 0 Å². The Kier molecular flexibility index (Phi) is 8.02. The molecule has 1 heterocycles. The second-order valence-corrected chi connectivity index (χ2v) is 30.4. The second-order valence-electron chi connectivity index (χ2n) is 11.7. The summed E-state index contributed by atoms with van der Waals surface area (Å²) in [6, 6.07) is 0. The smallest absolute Gasteiger partial charge is 0.184 e. The highest BCUT2D eigenvalue weighted by atomic mass is 28.4. The lowest BCUT2D eigenvalue weighted by Gasteiger charge is -2.59. The Hall–Kier alpha value is 0.668. The summed E-state index contributed by atoms with van der Waals surface area (Å²) in [5.41, 5.74) is 0. The van der Waals surface area contributed by atoms with Crippen LogP contribution in [0.4, 0.5) is 0 Å². The topological polar surface area (TPSA) is 57.2 Å². The fraction of sp³-hybridized carbons (Fsp3) is 1.00. The van der Waals surface area contributed by atoms with Gasteiger partial charge in [-0.15, -0.1) is 0 Å². The highest BCUT2D eigenvalue weighted by molar-refractivity contribution is 6.81. The summed E-state index contributed by atoms with van der Waals surface area (Å²) in [5, 5.41) is 10.3. The summed E-state index contributed by atoms with van der Waals surface area (Å²) >= 11 is 0. The minimum atomic E-state index is -2.02. The van der Waals surface area contributed by atoms with Crippen molar-refractivity contribution >= 4 is 33.0 Å². The monoisotopic (exact) mass is 452 g/mol. The zero-order valence-corrected chi connectivity index (χ0v) is 23.7. The lowest BCUT2D eigenvalue weighted by Crippen LogP contribution is -2.78. The van der Waals surface area contributed by atoms with Gasteiger partial charge in [-0.2, -0.15) is 0 Å². The standard InChI is InChI=1S/C18H44O5Si4/c1-24(2,3)18(23-27(10,11)12)16(14-21-25(4,5)6)20-13-15(19)17(18)22-26(7,8)9/h15-17,19H,13-14H2,1-12H3/t15-,16-,17-,18+/m1/s1. The Labute approximate surface area is 171 Å². The predicted octanol–water partition coefficient (Wildman–Crippen LogP) is 4.29. The van der Waals surface area contributed by atoms with Gasteiger partial charge in [0.1, 0.15) is 23.5 Å². The van der Waals surface area contributed by atoms with E-state index >= 15 is 0 Å². The minimum absolute atomic E-state index is 0.215. The van der Waals surface area contributed by atoms with E-state index in [4.69, 9.17) is 18.0 Å². The van der Waals surface area contributed by atoms with Gasteiger partial charge in [0.25, 0.3) is 0 Å². The average Bonchev–Trinajstić information content (AvgIpc) is 2.36. The first-order valence-corrected chi connectivity index (χ1v) is 23.8. The van der Waals surface area contributed by atoms with Crippen LogP contribution in [0.1, 0.15) is 0 Å². The molecule has 1 N–H and O–H groups in total. The first-order valence-electron chi connectivity index (χ1n) is 10.1. The molecule has 1 fully saturated rings. The van der Waals surface area contributed by atoms with Gasteiger partial charge in [-0.3, -0.25) is 0 Å². The van der Waals surface area contributed by atoms with Crippen molar-refractivity contribution in [3.63, 3.8) is 0 Å². The van der Waals surface area contributed by atoms with E-state index in [1.54, 1.807) is 0 Å². The molecule has 9 heteroatoms. The van der Waals surface area contributed by atoms with E-state index in [-0.39, 0.29) is 18.8 Å². The zero-order chi connectivity index (χ0) is 21.5. The summed E-state index contributed by atoms with van der Waals surface area (Å²) in [4.78, 5) is 0. The van der Waals surface area contributed by atoms with Crippen LogP contribution >= 0.6 is 0 Å². The molecule has 0 spiro atoms. The molecule has 1 rings (SSSR count). The van der Waals surface area contributed by atoms with Crippen LogP contribution in [0.3, 0.4) is 0 Å². The van der Waals surface area contributed by atoms with E-state index in [0.717, 1.165) is 0 Å². The number of aliphatic hydroxyl groups excluding tert-OH is 1. The van der Waals surface area contributed by atoms with Crippen molar-refractivity contribution in [2.45, 2.75) is 102 Å². The first-order chi connectivity index (χ1) is 11.8. The number of aliphatic hydroxyl groups is 1. The van der Waals surface area contributed by atoms with E-state index < -0.39 is 44.4 Å². The van der Waals surface area contributed by atoms with E-state index in [0.29, 0.717) is 6.61 Å². The molecule has 0 bridgehead atoms. The molecule has 1 aliphatic rings. The van der Waals surface area contributed by atoms with Gasteiger partial charge in [0.05, 0.1) is 21.3 Å². The normalized spacial score (nSPS) is 31.2. The molecule has 4 atom stereocenters. The summed E-state index contributed by atoms with van der Waals surface area (Å²) < 4.78 is 26.2. The molecule has 0 aromatic heterocycles. The molecule has 1 aliphatic heterocycles. The van der Waals surface area contributed by atoms with Crippen molar-refractivity contribution < 1.29 is 23.1 Å². The third-order valence-electron chi connectivity index (χ3n) is 4.51. The van der Waals surface area contributed by atoms with Crippen LogP contribution in [0.2, 0.25) is 78.6 Å². The highest BCUT2D eigenvalue weighted by Crippen LogP contribution is 2.43. The first kappa shape index (κ1) is 25.7. The van der Waals surface area contributed by atoms with Crippen LogP contribution in [0.25, 0.3) is 0 Å². The highest BCUT2D eigenvalue weighted by Gasteiger charge is 2.63. The maximum Gasteiger partial charge on any atom is 0.184 e. The van der Waals surface area contributed by atoms with Crippen LogP contribution in [-0.4, -0.2) is 74.9 Å².